The van der Waals surface area contributed by atoms with Crippen molar-refractivity contribution in [2.75, 3.05) is 5.32 Å². The second kappa shape index (κ2) is 8.37. The summed E-state index contributed by atoms with van der Waals surface area (Å²) in [5, 5.41) is 9.06. The van der Waals surface area contributed by atoms with E-state index in [1.807, 2.05) is 6.07 Å². The molecule has 35 heavy (non-hydrogen) atoms. The first-order chi connectivity index (χ1) is 16.8. The van der Waals surface area contributed by atoms with Crippen LogP contribution in [0.1, 0.15) is 62.9 Å². The molecule has 4 aliphatic carbocycles. The van der Waals surface area contributed by atoms with Crippen molar-refractivity contribution in [2.24, 2.45) is 39.4 Å². The van der Waals surface area contributed by atoms with Crippen molar-refractivity contribution in [1.29, 1.82) is 0 Å². The zero-order valence-electron chi connectivity index (χ0n) is 20.2. The van der Waals surface area contributed by atoms with Gasteiger partial charge in [0.1, 0.15) is 5.82 Å². The molecule has 5 atom stereocenters. The highest BCUT2D eigenvalue weighted by atomic mass is 32.1. The molecular weight excluding hydrogens is 477 g/mol. The number of nitrogens with zero attached hydrogens (tertiary/aromatic N) is 2. The fraction of sp³-hybridized carbons (Fsp3) is 0.519. The number of aromatic nitrogens is 1. The Hall–Kier alpha value is -2.32. The first-order valence-corrected chi connectivity index (χ1v) is 13.9. The Morgan fingerprint density at radius 2 is 2.03 bits per heavy atom. The van der Waals surface area contributed by atoms with E-state index in [0.29, 0.717) is 17.8 Å². The van der Waals surface area contributed by atoms with Crippen LogP contribution in [0.3, 0.4) is 0 Å². The van der Waals surface area contributed by atoms with Crippen molar-refractivity contribution >= 4 is 50.8 Å². The molecule has 4 N–H and O–H groups in total. The number of benzene rings is 1. The lowest BCUT2D eigenvalue weighted by Crippen LogP contribution is -2.49. The number of thiazole rings is 1. The predicted octanol–water partition coefficient (Wildman–Crippen LogP) is 6.40. The van der Waals surface area contributed by atoms with Gasteiger partial charge < -0.3 is 11.1 Å². The van der Waals surface area contributed by atoms with Gasteiger partial charge in [0.15, 0.2) is 10.2 Å². The minimum Gasteiger partial charge on any atom is -0.375 e. The smallest absolute Gasteiger partial charge is 0.187 e. The van der Waals surface area contributed by atoms with Gasteiger partial charge in [-0.05, 0) is 104 Å². The number of hydrogen-bond donors (Lipinski definition) is 3. The maximum atomic E-state index is 13.7. The molecule has 5 nitrogen and oxygen atoms in total. The second-order valence-electron chi connectivity index (χ2n) is 11.1. The molecule has 0 aliphatic heterocycles. The number of anilines is 2. The minimum atomic E-state index is -0.240. The Morgan fingerprint density at radius 3 is 2.83 bits per heavy atom. The molecule has 2 saturated carbocycles. The van der Waals surface area contributed by atoms with E-state index in [1.165, 1.54) is 53.3 Å². The van der Waals surface area contributed by atoms with E-state index in [1.54, 1.807) is 17.4 Å². The predicted molar refractivity (Wildman–Crippen MR) is 145 cm³/mol. The summed E-state index contributed by atoms with van der Waals surface area (Å²) in [6, 6.07) is 6.59. The number of allylic oxidation sites excluding steroid dienone is 2. The van der Waals surface area contributed by atoms with Crippen molar-refractivity contribution in [2.45, 2.75) is 58.8 Å². The highest BCUT2D eigenvalue weighted by Gasteiger charge is 2.58. The lowest BCUT2D eigenvalue weighted by atomic mass is 9.48. The molecular formula is C27H32FN5S2. The van der Waals surface area contributed by atoms with Crippen LogP contribution in [0.15, 0.2) is 35.4 Å². The number of nitrogens with two attached hydrogens (primary N) is 1. The van der Waals surface area contributed by atoms with Crippen LogP contribution >= 0.6 is 23.6 Å². The maximum Gasteiger partial charge on any atom is 0.187 e. The Labute approximate surface area is 215 Å². The fourth-order valence-corrected chi connectivity index (χ4v) is 8.97. The number of hydrogen-bond acceptors (Lipinski definition) is 5. The number of thiocarbonyl (C=S) groups is 1. The highest BCUT2D eigenvalue weighted by molar-refractivity contribution is 7.80. The van der Waals surface area contributed by atoms with Gasteiger partial charge in [-0.3, -0.25) is 5.43 Å². The molecule has 2 aromatic rings. The van der Waals surface area contributed by atoms with Crippen molar-refractivity contribution < 1.29 is 4.39 Å². The van der Waals surface area contributed by atoms with Crippen molar-refractivity contribution in [3.05, 3.63) is 46.7 Å². The molecule has 0 bridgehead atoms. The molecule has 8 heteroatoms. The number of hydrazone groups is 1. The van der Waals surface area contributed by atoms with Gasteiger partial charge in [0.25, 0.3) is 0 Å². The monoisotopic (exact) mass is 509 g/mol. The number of fused-ring (bicyclic) bond motifs is 7. The van der Waals surface area contributed by atoms with Crippen molar-refractivity contribution in [1.82, 2.24) is 10.4 Å². The number of nitrogens with one attached hydrogen (secondary N) is 2. The lowest BCUT2D eigenvalue weighted by Gasteiger charge is -2.56. The summed E-state index contributed by atoms with van der Waals surface area (Å²) in [4.78, 5) is 6.24. The summed E-state index contributed by atoms with van der Waals surface area (Å²) in [5.74, 6) is 1.77. The van der Waals surface area contributed by atoms with Crippen LogP contribution in [-0.4, -0.2) is 15.8 Å². The summed E-state index contributed by atoms with van der Waals surface area (Å²) in [6.07, 6.45) is 10.4. The standard InChI is InChI=1S/C27H32FN5S2/c1-26-13-11-21-23(35-25(31-21)30-16-5-3-4-15(28)14-16)20(26)7-6-17-18-8-9-22(32-33-24(29)34)27(18,2)12-10-19(17)26/h3-5,7,14,17-19H,6,8-13H2,1-2H3,(H,30,31)(H3,29,33,34)/b32-22+/t17-,18-,19-,26+,27-/m0/s1. The Bertz CT molecular complexity index is 1250. The van der Waals surface area contributed by atoms with E-state index < -0.39 is 0 Å². The van der Waals surface area contributed by atoms with Crippen LogP contribution in [0, 0.1) is 34.4 Å². The molecule has 0 saturated heterocycles. The zero-order chi connectivity index (χ0) is 24.4. The van der Waals surface area contributed by atoms with E-state index in [0.717, 1.165) is 36.5 Å². The topological polar surface area (TPSA) is 75.3 Å². The van der Waals surface area contributed by atoms with Crippen LogP contribution in [0.5, 0.6) is 0 Å². The zero-order valence-corrected chi connectivity index (χ0v) is 21.9. The molecule has 0 amide bonds. The third-order valence-electron chi connectivity index (χ3n) is 9.41. The van der Waals surface area contributed by atoms with Crippen molar-refractivity contribution in [3.8, 4) is 0 Å². The van der Waals surface area contributed by atoms with E-state index >= 15 is 0 Å². The van der Waals surface area contributed by atoms with Gasteiger partial charge in [0.05, 0.1) is 10.6 Å². The summed E-state index contributed by atoms with van der Waals surface area (Å²) >= 11 is 6.71. The summed E-state index contributed by atoms with van der Waals surface area (Å²) in [6.45, 7) is 4.91. The van der Waals surface area contributed by atoms with Crippen LogP contribution in [0.25, 0.3) is 5.57 Å². The van der Waals surface area contributed by atoms with Crippen LogP contribution < -0.4 is 16.5 Å². The van der Waals surface area contributed by atoms with Gasteiger partial charge in [-0.15, -0.1) is 0 Å². The SMILES string of the molecule is C[C@]12CCc3nc(Nc4cccc(F)c4)sc3C1=CC[C@@H]1[C@@H]2CC[C@]2(C)/C(=N/NC(N)=S)CC[C@@H]12. The van der Waals surface area contributed by atoms with Crippen molar-refractivity contribution in [3.63, 3.8) is 0 Å². The molecule has 0 spiro atoms. The Balaban J connectivity index is 1.29. The minimum absolute atomic E-state index is 0.132. The molecule has 1 aromatic carbocycles. The van der Waals surface area contributed by atoms with Gasteiger partial charge in [-0.2, -0.15) is 5.10 Å². The quantitative estimate of drug-likeness (QED) is 0.330. The molecule has 1 aromatic heterocycles. The molecule has 1 heterocycles. The molecule has 2 fully saturated rings. The average molecular weight is 510 g/mol. The first kappa shape index (κ1) is 23.1. The van der Waals surface area contributed by atoms with E-state index in [-0.39, 0.29) is 21.8 Å². The number of halogens is 1. The van der Waals surface area contributed by atoms with Crippen LogP contribution in [0.4, 0.5) is 15.2 Å². The van der Waals surface area contributed by atoms with E-state index in [2.05, 4.69) is 35.8 Å². The summed E-state index contributed by atoms with van der Waals surface area (Å²) < 4.78 is 13.7. The largest absolute Gasteiger partial charge is 0.375 e. The molecule has 0 radical (unpaired) electrons. The average Bonchev–Trinajstić information content (AvgIpc) is 3.37. The van der Waals surface area contributed by atoms with Crippen LogP contribution in [0.2, 0.25) is 0 Å². The Kier molecular flexibility index (Phi) is 5.53. The third-order valence-corrected chi connectivity index (χ3v) is 10.5. The molecule has 184 valence electrons. The van der Waals surface area contributed by atoms with Gasteiger partial charge in [-0.25, -0.2) is 9.37 Å². The van der Waals surface area contributed by atoms with Gasteiger partial charge in [0.2, 0.25) is 0 Å². The van der Waals surface area contributed by atoms with E-state index in [9.17, 15) is 4.39 Å². The third kappa shape index (κ3) is 3.71. The summed E-state index contributed by atoms with van der Waals surface area (Å²) in [5.41, 5.74) is 13.5. The van der Waals surface area contributed by atoms with Gasteiger partial charge in [-0.1, -0.05) is 37.3 Å². The fourth-order valence-electron chi connectivity index (χ4n) is 7.71. The first-order valence-electron chi connectivity index (χ1n) is 12.6. The number of aryl methyl sites for hydroxylation is 1. The molecule has 6 rings (SSSR count). The highest BCUT2D eigenvalue weighted by Crippen LogP contribution is 2.65. The van der Waals surface area contributed by atoms with Crippen LogP contribution in [-0.2, 0) is 6.42 Å². The number of rotatable bonds is 3. The van der Waals surface area contributed by atoms with Gasteiger partial charge in [0, 0.05) is 16.8 Å². The molecule has 0 unspecified atom stereocenters. The Morgan fingerprint density at radius 1 is 1.20 bits per heavy atom. The molecule has 4 aliphatic rings. The lowest BCUT2D eigenvalue weighted by molar-refractivity contribution is 0.0116. The second-order valence-corrected chi connectivity index (χ2v) is 12.5. The van der Waals surface area contributed by atoms with Gasteiger partial charge >= 0.3 is 0 Å². The summed E-state index contributed by atoms with van der Waals surface area (Å²) in [7, 11) is 0. The normalized spacial score (nSPS) is 34.3. The maximum absolute atomic E-state index is 13.7. The van der Waals surface area contributed by atoms with E-state index in [4.69, 9.17) is 22.9 Å².